The van der Waals surface area contributed by atoms with Crippen molar-refractivity contribution in [3.05, 3.63) is 65.1 Å². The molecule has 4 nitrogen and oxygen atoms in total. The maximum Gasteiger partial charge on any atom is 0.246 e. The van der Waals surface area contributed by atoms with Gasteiger partial charge in [0.2, 0.25) is 5.91 Å². The van der Waals surface area contributed by atoms with Crippen LogP contribution in [0.15, 0.2) is 53.2 Å². The van der Waals surface area contributed by atoms with Crippen LogP contribution in [-0.2, 0) is 4.79 Å². The quantitative estimate of drug-likeness (QED) is 0.854. The molecule has 0 aliphatic carbocycles. The van der Waals surface area contributed by atoms with Crippen LogP contribution in [0.1, 0.15) is 30.3 Å². The lowest BCUT2D eigenvalue weighted by Gasteiger charge is -2.34. The first kappa shape index (κ1) is 16.8. The van der Waals surface area contributed by atoms with Crippen LogP contribution in [0.3, 0.4) is 0 Å². The van der Waals surface area contributed by atoms with E-state index >= 15 is 0 Å². The summed E-state index contributed by atoms with van der Waals surface area (Å²) in [6.07, 6.45) is 5.84. The van der Waals surface area contributed by atoms with Crippen molar-refractivity contribution < 1.29 is 14.3 Å². The second-order valence-corrected chi connectivity index (χ2v) is 6.44. The number of benzene rings is 1. The molecule has 1 N–H and O–H groups in total. The number of rotatable bonds is 4. The summed E-state index contributed by atoms with van der Waals surface area (Å²) >= 11 is 5.88. The summed E-state index contributed by atoms with van der Waals surface area (Å²) in [5, 5.41) is 11.2. The molecule has 0 unspecified atom stereocenters. The third kappa shape index (κ3) is 4.08. The zero-order valence-electron chi connectivity index (χ0n) is 13.3. The normalized spacial score (nSPS) is 17.3. The molecule has 2 heterocycles. The van der Waals surface area contributed by atoms with Crippen LogP contribution >= 0.6 is 11.6 Å². The van der Waals surface area contributed by atoms with Gasteiger partial charge in [-0.3, -0.25) is 4.79 Å². The number of hydrogen-bond acceptors (Lipinski definition) is 3. The second kappa shape index (κ2) is 7.69. The van der Waals surface area contributed by atoms with Gasteiger partial charge in [-0.05, 0) is 54.7 Å². The smallest absolute Gasteiger partial charge is 0.246 e. The van der Waals surface area contributed by atoms with Crippen LogP contribution < -0.4 is 0 Å². The molecule has 1 amide bonds. The number of carbonyl (C=O) groups is 1. The Hall–Kier alpha value is -2.04. The molecule has 0 spiro atoms. The summed E-state index contributed by atoms with van der Waals surface area (Å²) in [5.74, 6) is 0.798. The van der Waals surface area contributed by atoms with Crippen molar-refractivity contribution >= 4 is 23.6 Å². The monoisotopic (exact) mass is 345 g/mol. The maximum absolute atomic E-state index is 12.2. The van der Waals surface area contributed by atoms with Gasteiger partial charge < -0.3 is 14.4 Å². The van der Waals surface area contributed by atoms with Crippen LogP contribution in [-0.4, -0.2) is 29.0 Å². The molecule has 1 fully saturated rings. The fourth-order valence-corrected chi connectivity index (χ4v) is 3.14. The molecule has 0 radical (unpaired) electrons. The van der Waals surface area contributed by atoms with E-state index in [-0.39, 0.29) is 11.8 Å². The van der Waals surface area contributed by atoms with Crippen LogP contribution in [0.2, 0.25) is 5.02 Å². The Bertz CT molecular complexity index is 686. The van der Waals surface area contributed by atoms with Gasteiger partial charge in [-0.1, -0.05) is 23.7 Å². The average Bonchev–Trinajstić information content (AvgIpc) is 3.13. The van der Waals surface area contributed by atoms with Crippen molar-refractivity contribution in [3.8, 4) is 0 Å². The van der Waals surface area contributed by atoms with Crippen molar-refractivity contribution in [2.24, 2.45) is 5.92 Å². The van der Waals surface area contributed by atoms with Crippen molar-refractivity contribution in [1.29, 1.82) is 0 Å². The molecule has 24 heavy (non-hydrogen) atoms. The first-order valence-corrected chi connectivity index (χ1v) is 8.45. The highest BCUT2D eigenvalue weighted by Gasteiger charge is 2.27. The van der Waals surface area contributed by atoms with Gasteiger partial charge in [0.25, 0.3) is 0 Å². The highest BCUT2D eigenvalue weighted by atomic mass is 35.5. The number of aliphatic hydroxyl groups is 1. The largest absolute Gasteiger partial charge is 0.465 e. The molecule has 1 atom stereocenters. The van der Waals surface area contributed by atoms with E-state index in [4.69, 9.17) is 16.0 Å². The first-order chi connectivity index (χ1) is 11.6. The van der Waals surface area contributed by atoms with E-state index in [1.807, 2.05) is 17.0 Å². The summed E-state index contributed by atoms with van der Waals surface area (Å²) in [4.78, 5) is 14.0. The molecular formula is C19H20ClNO3. The SMILES string of the molecule is O=C(/C=C/c1ccco1)N1CCC([C@H](O)c2ccc(Cl)cc2)CC1. The van der Waals surface area contributed by atoms with Crippen LogP contribution in [0.5, 0.6) is 0 Å². The molecule has 1 aliphatic rings. The molecule has 1 aliphatic heterocycles. The predicted octanol–water partition coefficient (Wildman–Crippen LogP) is 3.92. The van der Waals surface area contributed by atoms with Crippen LogP contribution in [0.25, 0.3) is 6.08 Å². The zero-order chi connectivity index (χ0) is 16.9. The maximum atomic E-state index is 12.2. The number of piperidine rings is 1. The number of furan rings is 1. The second-order valence-electron chi connectivity index (χ2n) is 6.01. The number of aliphatic hydroxyl groups excluding tert-OH is 1. The molecule has 1 saturated heterocycles. The number of hydrogen-bond donors (Lipinski definition) is 1. The first-order valence-electron chi connectivity index (χ1n) is 8.07. The number of halogens is 1. The fourth-order valence-electron chi connectivity index (χ4n) is 3.01. The van der Waals surface area contributed by atoms with Gasteiger partial charge in [0.15, 0.2) is 0 Å². The van der Waals surface area contributed by atoms with Gasteiger partial charge in [0.1, 0.15) is 5.76 Å². The summed E-state index contributed by atoms with van der Waals surface area (Å²) in [7, 11) is 0. The molecule has 126 valence electrons. The average molecular weight is 346 g/mol. The Morgan fingerprint density at radius 2 is 1.96 bits per heavy atom. The number of nitrogens with zero attached hydrogens (tertiary/aromatic N) is 1. The van der Waals surface area contributed by atoms with Gasteiger partial charge in [-0.25, -0.2) is 0 Å². The van der Waals surface area contributed by atoms with Gasteiger partial charge >= 0.3 is 0 Å². The minimum atomic E-state index is -0.516. The van der Waals surface area contributed by atoms with Crippen LogP contribution in [0.4, 0.5) is 0 Å². The zero-order valence-corrected chi connectivity index (χ0v) is 14.0. The van der Waals surface area contributed by atoms with E-state index in [1.54, 1.807) is 36.6 Å². The Morgan fingerprint density at radius 1 is 1.25 bits per heavy atom. The summed E-state index contributed by atoms with van der Waals surface area (Å²) in [5.41, 5.74) is 0.877. The van der Waals surface area contributed by atoms with E-state index in [2.05, 4.69) is 0 Å². The summed E-state index contributed by atoms with van der Waals surface area (Å²) in [6, 6.07) is 10.9. The highest BCUT2D eigenvalue weighted by Crippen LogP contribution is 2.31. The molecule has 1 aromatic heterocycles. The third-order valence-electron chi connectivity index (χ3n) is 4.44. The van der Waals surface area contributed by atoms with E-state index in [9.17, 15) is 9.90 Å². The lowest BCUT2D eigenvalue weighted by molar-refractivity contribution is -0.127. The van der Waals surface area contributed by atoms with E-state index in [1.165, 1.54) is 6.08 Å². The van der Waals surface area contributed by atoms with Crippen molar-refractivity contribution in [2.45, 2.75) is 18.9 Å². The Morgan fingerprint density at radius 3 is 2.58 bits per heavy atom. The lowest BCUT2D eigenvalue weighted by Crippen LogP contribution is -2.38. The highest BCUT2D eigenvalue weighted by molar-refractivity contribution is 6.30. The van der Waals surface area contributed by atoms with Gasteiger partial charge in [0.05, 0.1) is 12.4 Å². The Labute approximate surface area is 146 Å². The molecule has 3 rings (SSSR count). The lowest BCUT2D eigenvalue weighted by atomic mass is 9.87. The van der Waals surface area contributed by atoms with E-state index in [0.29, 0.717) is 23.9 Å². The standard InChI is InChI=1S/C19H20ClNO3/c20-16-5-3-14(4-6-16)19(23)15-9-11-21(12-10-15)18(22)8-7-17-2-1-13-24-17/h1-8,13,15,19,23H,9-12H2/b8-7+/t19-/m1/s1. The number of likely N-dealkylation sites (tertiary alicyclic amines) is 1. The molecular weight excluding hydrogens is 326 g/mol. The molecule has 2 aromatic rings. The van der Waals surface area contributed by atoms with E-state index in [0.717, 1.165) is 18.4 Å². The molecule has 5 heteroatoms. The van der Waals surface area contributed by atoms with Crippen LogP contribution in [0, 0.1) is 5.92 Å². The van der Waals surface area contributed by atoms with Crippen molar-refractivity contribution in [1.82, 2.24) is 4.90 Å². The Kier molecular flexibility index (Phi) is 5.38. The van der Waals surface area contributed by atoms with Gasteiger partial charge in [-0.2, -0.15) is 0 Å². The topological polar surface area (TPSA) is 53.7 Å². The summed E-state index contributed by atoms with van der Waals surface area (Å²) < 4.78 is 5.18. The number of carbonyl (C=O) groups excluding carboxylic acids is 1. The molecule has 1 aromatic carbocycles. The fraction of sp³-hybridized carbons (Fsp3) is 0.316. The minimum Gasteiger partial charge on any atom is -0.465 e. The van der Waals surface area contributed by atoms with Crippen molar-refractivity contribution in [2.75, 3.05) is 13.1 Å². The van der Waals surface area contributed by atoms with Gasteiger partial charge in [-0.15, -0.1) is 0 Å². The number of amides is 1. The Balaban J connectivity index is 1.53. The minimum absolute atomic E-state index is 0.0224. The molecule has 0 bridgehead atoms. The van der Waals surface area contributed by atoms with Gasteiger partial charge in [0, 0.05) is 24.2 Å². The predicted molar refractivity (Wildman–Crippen MR) is 93.5 cm³/mol. The summed E-state index contributed by atoms with van der Waals surface area (Å²) in [6.45, 7) is 1.30. The molecule has 0 saturated carbocycles. The third-order valence-corrected chi connectivity index (χ3v) is 4.69. The van der Waals surface area contributed by atoms with Crippen molar-refractivity contribution in [3.63, 3.8) is 0 Å². The van der Waals surface area contributed by atoms with E-state index < -0.39 is 6.10 Å².